The first-order valence-corrected chi connectivity index (χ1v) is 10.3. The molecule has 0 aliphatic heterocycles. The van der Waals surface area contributed by atoms with Gasteiger partial charge in [-0.05, 0) is 28.8 Å². The van der Waals surface area contributed by atoms with Gasteiger partial charge in [0.2, 0.25) is 0 Å². The predicted molar refractivity (Wildman–Crippen MR) is 114 cm³/mol. The number of hydrogen-bond donors (Lipinski definition) is 1. The maximum atomic E-state index is 6.82. The highest BCUT2D eigenvalue weighted by atomic mass is 35.5. The van der Waals surface area contributed by atoms with E-state index in [1.165, 1.54) is 16.8 Å². The molecule has 2 N–H and O–H groups in total. The molecular formula is C21H18ClNS2. The predicted octanol–water partition coefficient (Wildman–Crippen LogP) is 6.50. The summed E-state index contributed by atoms with van der Waals surface area (Å²) in [6.45, 7) is 0. The molecule has 0 aromatic heterocycles. The molecule has 0 aliphatic carbocycles. The molecule has 0 fully saturated rings. The van der Waals surface area contributed by atoms with Gasteiger partial charge in [-0.3, -0.25) is 5.14 Å². The molecule has 0 atom stereocenters. The topological polar surface area (TPSA) is 26.0 Å². The van der Waals surface area contributed by atoms with Gasteiger partial charge in [0.15, 0.2) is 0 Å². The minimum absolute atomic E-state index is 0.754. The molecule has 1 nitrogen and oxygen atoms in total. The second-order valence-corrected chi connectivity index (χ2v) is 7.79. The van der Waals surface area contributed by atoms with Crippen LogP contribution in [-0.4, -0.2) is 5.08 Å². The van der Waals surface area contributed by atoms with Crippen LogP contribution in [0, 0.1) is 0 Å². The minimum Gasteiger partial charge on any atom is -0.277 e. The fourth-order valence-corrected chi connectivity index (χ4v) is 4.06. The molecule has 0 amide bonds. The van der Waals surface area contributed by atoms with E-state index in [1.54, 1.807) is 11.8 Å². The zero-order valence-electron chi connectivity index (χ0n) is 13.6. The lowest BCUT2D eigenvalue weighted by Crippen LogP contribution is -1.92. The average molecular weight is 384 g/mol. The third kappa shape index (κ3) is 4.71. The van der Waals surface area contributed by atoms with E-state index in [4.69, 9.17) is 16.7 Å². The molecule has 0 unspecified atom stereocenters. The Morgan fingerprint density at radius 1 is 0.720 bits per heavy atom. The van der Waals surface area contributed by atoms with Crippen molar-refractivity contribution in [3.63, 3.8) is 0 Å². The van der Waals surface area contributed by atoms with Gasteiger partial charge in [0.1, 0.15) is 0 Å². The molecule has 0 saturated carbocycles. The standard InChI is InChI=1S/C21H18ClNS2/c22-21(18-9-5-2-6-10-18)20(16-7-3-1-4-8-16)17-11-13-19(14-12-17)24-15-25-23/h1-14H,15,23H2/b21-20+. The number of halogens is 1. The smallest absolute Gasteiger partial charge is 0.0582 e. The van der Waals surface area contributed by atoms with Crippen molar-refractivity contribution in [1.29, 1.82) is 0 Å². The van der Waals surface area contributed by atoms with Crippen LogP contribution in [0.3, 0.4) is 0 Å². The van der Waals surface area contributed by atoms with Gasteiger partial charge in [-0.15, -0.1) is 11.8 Å². The van der Waals surface area contributed by atoms with Crippen LogP contribution in [0.2, 0.25) is 0 Å². The highest BCUT2D eigenvalue weighted by molar-refractivity contribution is 8.15. The lowest BCUT2D eigenvalue weighted by atomic mass is 9.95. The fourth-order valence-electron chi connectivity index (χ4n) is 2.57. The summed E-state index contributed by atoms with van der Waals surface area (Å²) < 4.78 is 0. The van der Waals surface area contributed by atoms with Crippen molar-refractivity contribution >= 4 is 45.9 Å². The Labute approximate surface area is 162 Å². The van der Waals surface area contributed by atoms with Crippen LogP contribution >= 0.6 is 35.3 Å². The summed E-state index contributed by atoms with van der Waals surface area (Å²) in [4.78, 5) is 1.20. The van der Waals surface area contributed by atoms with Crippen LogP contribution in [-0.2, 0) is 0 Å². The highest BCUT2D eigenvalue weighted by Gasteiger charge is 2.12. The molecule has 3 rings (SSSR count). The number of nitrogens with two attached hydrogens (primary N) is 1. The summed E-state index contributed by atoms with van der Waals surface area (Å²) in [7, 11) is 0. The van der Waals surface area contributed by atoms with Gasteiger partial charge in [-0.25, -0.2) is 0 Å². The van der Waals surface area contributed by atoms with E-state index in [-0.39, 0.29) is 0 Å². The van der Waals surface area contributed by atoms with Crippen molar-refractivity contribution in [3.8, 4) is 0 Å². The zero-order valence-corrected chi connectivity index (χ0v) is 16.0. The maximum Gasteiger partial charge on any atom is 0.0582 e. The molecule has 4 heteroatoms. The van der Waals surface area contributed by atoms with E-state index in [0.29, 0.717) is 0 Å². The van der Waals surface area contributed by atoms with Crippen molar-refractivity contribution in [2.45, 2.75) is 4.90 Å². The molecule has 3 aromatic carbocycles. The van der Waals surface area contributed by atoms with Crippen LogP contribution in [0.15, 0.2) is 89.8 Å². The van der Waals surface area contributed by atoms with Crippen molar-refractivity contribution < 1.29 is 0 Å². The number of thioether (sulfide) groups is 1. The first-order valence-electron chi connectivity index (χ1n) is 7.85. The summed E-state index contributed by atoms with van der Waals surface area (Å²) in [6.07, 6.45) is 0. The Morgan fingerprint density at radius 2 is 1.24 bits per heavy atom. The van der Waals surface area contributed by atoms with Gasteiger partial charge in [0.05, 0.1) is 10.1 Å². The van der Waals surface area contributed by atoms with Crippen LogP contribution in [0.5, 0.6) is 0 Å². The molecule has 0 aliphatic rings. The highest BCUT2D eigenvalue weighted by Crippen LogP contribution is 2.35. The summed E-state index contributed by atoms with van der Waals surface area (Å²) in [5.41, 5.74) is 4.26. The summed E-state index contributed by atoms with van der Waals surface area (Å²) in [5.74, 6) is 0. The SMILES string of the molecule is NSCSc1ccc(/C(=C(/Cl)c2ccccc2)c2ccccc2)cc1. The van der Waals surface area contributed by atoms with Crippen LogP contribution in [0.4, 0.5) is 0 Å². The molecule has 0 spiro atoms. The Balaban J connectivity index is 2.06. The number of benzene rings is 3. The fraction of sp³-hybridized carbons (Fsp3) is 0.0476. The Bertz CT molecular complexity index is 831. The third-order valence-corrected chi connectivity index (χ3v) is 5.77. The van der Waals surface area contributed by atoms with Crippen molar-refractivity contribution in [3.05, 3.63) is 102 Å². The van der Waals surface area contributed by atoms with Gasteiger partial charge < -0.3 is 0 Å². The van der Waals surface area contributed by atoms with E-state index >= 15 is 0 Å². The number of rotatable bonds is 6. The van der Waals surface area contributed by atoms with Crippen molar-refractivity contribution in [2.24, 2.45) is 5.14 Å². The van der Waals surface area contributed by atoms with Crippen LogP contribution in [0.25, 0.3) is 10.6 Å². The summed E-state index contributed by atoms with van der Waals surface area (Å²) >= 11 is 9.89. The zero-order chi connectivity index (χ0) is 17.5. The second-order valence-electron chi connectivity index (χ2n) is 5.37. The molecule has 3 aromatic rings. The van der Waals surface area contributed by atoms with E-state index in [0.717, 1.165) is 32.4 Å². The summed E-state index contributed by atoms with van der Waals surface area (Å²) in [5, 5.41) is 7.10. The van der Waals surface area contributed by atoms with E-state index in [1.807, 2.05) is 48.5 Å². The van der Waals surface area contributed by atoms with Gasteiger partial charge in [-0.2, -0.15) is 0 Å². The first kappa shape index (κ1) is 18.2. The van der Waals surface area contributed by atoms with Gasteiger partial charge in [0, 0.05) is 10.5 Å². The van der Waals surface area contributed by atoms with Crippen LogP contribution < -0.4 is 5.14 Å². The van der Waals surface area contributed by atoms with E-state index in [2.05, 4.69) is 36.4 Å². The lowest BCUT2D eigenvalue weighted by Gasteiger charge is -2.13. The third-order valence-electron chi connectivity index (χ3n) is 3.75. The molecule has 0 radical (unpaired) electrons. The lowest BCUT2D eigenvalue weighted by molar-refractivity contribution is 1.43. The Kier molecular flexibility index (Phi) is 6.65. The molecule has 126 valence electrons. The normalized spacial score (nSPS) is 11.9. The molecule has 25 heavy (non-hydrogen) atoms. The maximum absolute atomic E-state index is 6.82. The summed E-state index contributed by atoms with van der Waals surface area (Å²) in [6, 6.07) is 28.8. The van der Waals surface area contributed by atoms with E-state index in [9.17, 15) is 0 Å². The van der Waals surface area contributed by atoms with Gasteiger partial charge in [-0.1, -0.05) is 96.3 Å². The first-order chi connectivity index (χ1) is 12.3. The van der Waals surface area contributed by atoms with E-state index < -0.39 is 0 Å². The largest absolute Gasteiger partial charge is 0.277 e. The van der Waals surface area contributed by atoms with Crippen molar-refractivity contribution in [2.75, 3.05) is 5.08 Å². The monoisotopic (exact) mass is 383 g/mol. The van der Waals surface area contributed by atoms with Crippen molar-refractivity contribution in [1.82, 2.24) is 0 Å². The minimum atomic E-state index is 0.754. The average Bonchev–Trinajstić information content (AvgIpc) is 2.69. The molecule has 0 saturated heterocycles. The molecule has 0 heterocycles. The van der Waals surface area contributed by atoms with Gasteiger partial charge in [0.25, 0.3) is 0 Å². The van der Waals surface area contributed by atoms with Gasteiger partial charge >= 0.3 is 0 Å². The molecule has 0 bridgehead atoms. The van der Waals surface area contributed by atoms with Crippen LogP contribution in [0.1, 0.15) is 16.7 Å². The Morgan fingerprint density at radius 3 is 1.80 bits per heavy atom. The molecular weight excluding hydrogens is 366 g/mol. The quantitative estimate of drug-likeness (QED) is 0.228. The second kappa shape index (κ2) is 9.16. The number of hydrogen-bond acceptors (Lipinski definition) is 3. The Hall–Kier alpha value is -1.65.